The van der Waals surface area contributed by atoms with Crippen molar-refractivity contribution in [3.63, 3.8) is 0 Å². The summed E-state index contributed by atoms with van der Waals surface area (Å²) in [5.74, 6) is 0.00174. The molecule has 0 aliphatic carbocycles. The Labute approximate surface area is 110 Å². The maximum atomic E-state index is 12.2. The van der Waals surface area contributed by atoms with E-state index in [9.17, 15) is 4.79 Å². The van der Waals surface area contributed by atoms with Gasteiger partial charge in [-0.1, -0.05) is 12.1 Å². The Hall–Kier alpha value is -0.870. The fraction of sp³-hybridized carbons (Fsp3) is 0.462. The van der Waals surface area contributed by atoms with Gasteiger partial charge in [-0.05, 0) is 60.9 Å². The first kappa shape index (κ1) is 12.6. The molecule has 0 unspecified atom stereocenters. The van der Waals surface area contributed by atoms with Crippen molar-refractivity contribution in [2.75, 3.05) is 13.1 Å². The number of hydrogen-bond donors (Lipinski definition) is 2. The summed E-state index contributed by atoms with van der Waals surface area (Å²) in [4.78, 5) is 12.2. The van der Waals surface area contributed by atoms with Gasteiger partial charge in [0.1, 0.15) is 0 Å². The van der Waals surface area contributed by atoms with Gasteiger partial charge in [0.05, 0.1) is 5.56 Å². The third-order valence-electron chi connectivity index (χ3n) is 3.24. The number of halogens is 1. The highest BCUT2D eigenvalue weighted by Gasteiger charge is 2.28. The lowest BCUT2D eigenvalue weighted by Gasteiger charge is -2.35. The van der Waals surface area contributed by atoms with Gasteiger partial charge in [-0.25, -0.2) is 0 Å². The van der Waals surface area contributed by atoms with E-state index in [4.69, 9.17) is 0 Å². The summed E-state index contributed by atoms with van der Waals surface area (Å²) in [7, 11) is 0. The third kappa shape index (κ3) is 3.07. The molecule has 0 spiro atoms. The van der Waals surface area contributed by atoms with Gasteiger partial charge in [-0.15, -0.1) is 0 Å². The minimum absolute atomic E-state index is 0.00174. The fourth-order valence-electron chi connectivity index (χ4n) is 2.09. The van der Waals surface area contributed by atoms with Crippen molar-refractivity contribution in [1.82, 2.24) is 10.6 Å². The number of nitrogens with one attached hydrogen (secondary N) is 2. The normalized spacial score (nSPS) is 18.7. The zero-order chi connectivity index (χ0) is 12.3. The number of piperidine rings is 1. The first-order chi connectivity index (χ1) is 8.11. The van der Waals surface area contributed by atoms with E-state index in [1.807, 2.05) is 24.3 Å². The molecule has 3 nitrogen and oxygen atoms in total. The molecule has 1 amide bonds. The Morgan fingerprint density at radius 1 is 1.35 bits per heavy atom. The summed E-state index contributed by atoms with van der Waals surface area (Å²) < 4.78 is 0.843. The number of amides is 1. The van der Waals surface area contributed by atoms with Crippen LogP contribution in [0.15, 0.2) is 28.7 Å². The largest absolute Gasteiger partial charge is 0.347 e. The van der Waals surface area contributed by atoms with Crippen molar-refractivity contribution in [3.8, 4) is 0 Å². The highest BCUT2D eigenvalue weighted by Crippen LogP contribution is 2.20. The van der Waals surface area contributed by atoms with Crippen LogP contribution >= 0.6 is 15.9 Å². The van der Waals surface area contributed by atoms with Crippen molar-refractivity contribution in [3.05, 3.63) is 34.3 Å². The first-order valence-electron chi connectivity index (χ1n) is 5.88. The quantitative estimate of drug-likeness (QED) is 0.879. The molecule has 0 bridgehead atoms. The maximum Gasteiger partial charge on any atom is 0.252 e. The van der Waals surface area contributed by atoms with Crippen LogP contribution < -0.4 is 10.6 Å². The molecule has 4 heteroatoms. The SMILES string of the molecule is CC1(NC(=O)c2ccccc2Br)CCNCC1. The zero-order valence-corrected chi connectivity index (χ0v) is 11.5. The number of benzene rings is 1. The number of rotatable bonds is 2. The molecule has 1 fully saturated rings. The lowest BCUT2D eigenvalue weighted by atomic mass is 9.90. The van der Waals surface area contributed by atoms with E-state index in [-0.39, 0.29) is 11.4 Å². The Balaban J connectivity index is 2.09. The van der Waals surface area contributed by atoms with E-state index < -0.39 is 0 Å². The minimum Gasteiger partial charge on any atom is -0.347 e. The predicted molar refractivity (Wildman–Crippen MR) is 72.1 cm³/mol. The second-order valence-corrected chi connectivity index (χ2v) is 5.60. The van der Waals surface area contributed by atoms with Crippen LogP contribution in [0, 0.1) is 0 Å². The van der Waals surface area contributed by atoms with Gasteiger partial charge < -0.3 is 10.6 Å². The number of carbonyl (C=O) groups excluding carboxylic acids is 1. The van der Waals surface area contributed by atoms with E-state index in [2.05, 4.69) is 33.5 Å². The maximum absolute atomic E-state index is 12.2. The summed E-state index contributed by atoms with van der Waals surface area (Å²) in [5.41, 5.74) is 0.615. The average Bonchev–Trinajstić information content (AvgIpc) is 2.29. The van der Waals surface area contributed by atoms with Gasteiger partial charge in [0.15, 0.2) is 0 Å². The molecule has 0 atom stereocenters. The monoisotopic (exact) mass is 296 g/mol. The summed E-state index contributed by atoms with van der Waals surface area (Å²) in [6.07, 6.45) is 1.95. The van der Waals surface area contributed by atoms with Gasteiger partial charge in [-0.2, -0.15) is 0 Å². The van der Waals surface area contributed by atoms with Gasteiger partial charge in [0, 0.05) is 10.0 Å². The molecule has 1 aromatic rings. The van der Waals surface area contributed by atoms with E-state index in [0.29, 0.717) is 5.56 Å². The molecule has 1 heterocycles. The summed E-state index contributed by atoms with van der Waals surface area (Å²) in [6, 6.07) is 7.51. The van der Waals surface area contributed by atoms with E-state index in [0.717, 1.165) is 30.4 Å². The standard InChI is InChI=1S/C13H17BrN2O/c1-13(6-8-15-9-7-13)16-12(17)10-4-2-3-5-11(10)14/h2-5,15H,6-9H2,1H3,(H,16,17). The molecule has 1 aliphatic rings. The zero-order valence-electron chi connectivity index (χ0n) is 9.92. The highest BCUT2D eigenvalue weighted by molar-refractivity contribution is 9.10. The molecular weight excluding hydrogens is 280 g/mol. The molecule has 2 N–H and O–H groups in total. The van der Waals surface area contributed by atoms with Crippen LogP contribution in [0.5, 0.6) is 0 Å². The van der Waals surface area contributed by atoms with Crippen LogP contribution in [-0.2, 0) is 0 Å². The Morgan fingerprint density at radius 2 is 2.00 bits per heavy atom. The van der Waals surface area contributed by atoms with Crippen molar-refractivity contribution in [2.24, 2.45) is 0 Å². The van der Waals surface area contributed by atoms with Crippen molar-refractivity contribution in [2.45, 2.75) is 25.3 Å². The second kappa shape index (κ2) is 5.19. The minimum atomic E-state index is -0.0857. The van der Waals surface area contributed by atoms with Gasteiger partial charge in [0.25, 0.3) is 5.91 Å². The molecule has 0 saturated carbocycles. The Kier molecular flexibility index (Phi) is 3.84. The van der Waals surface area contributed by atoms with E-state index in [1.165, 1.54) is 0 Å². The molecule has 2 rings (SSSR count). The molecule has 1 aromatic carbocycles. The van der Waals surface area contributed by atoms with Crippen LogP contribution in [0.1, 0.15) is 30.1 Å². The smallest absolute Gasteiger partial charge is 0.252 e. The van der Waals surface area contributed by atoms with Crippen molar-refractivity contribution >= 4 is 21.8 Å². The number of hydrogen-bond acceptors (Lipinski definition) is 2. The average molecular weight is 297 g/mol. The molecule has 1 aliphatic heterocycles. The molecule has 92 valence electrons. The predicted octanol–water partition coefficient (Wildman–Crippen LogP) is 2.32. The van der Waals surface area contributed by atoms with E-state index in [1.54, 1.807) is 0 Å². The Morgan fingerprint density at radius 3 is 2.65 bits per heavy atom. The first-order valence-corrected chi connectivity index (χ1v) is 6.68. The summed E-state index contributed by atoms with van der Waals surface area (Å²) in [5, 5.41) is 6.45. The molecule has 0 aromatic heterocycles. The Bertz CT molecular complexity index is 414. The van der Waals surface area contributed by atoms with Crippen molar-refractivity contribution in [1.29, 1.82) is 0 Å². The fourth-order valence-corrected chi connectivity index (χ4v) is 2.56. The van der Waals surface area contributed by atoms with Gasteiger partial charge in [0.2, 0.25) is 0 Å². The molecule has 0 radical (unpaired) electrons. The number of carbonyl (C=O) groups is 1. The van der Waals surface area contributed by atoms with Crippen LogP contribution in [0.25, 0.3) is 0 Å². The van der Waals surface area contributed by atoms with Gasteiger partial charge in [-0.3, -0.25) is 4.79 Å². The lowest BCUT2D eigenvalue weighted by molar-refractivity contribution is 0.0887. The van der Waals surface area contributed by atoms with E-state index >= 15 is 0 Å². The van der Waals surface area contributed by atoms with Crippen LogP contribution in [0.2, 0.25) is 0 Å². The van der Waals surface area contributed by atoms with Crippen LogP contribution in [-0.4, -0.2) is 24.5 Å². The second-order valence-electron chi connectivity index (χ2n) is 4.74. The van der Waals surface area contributed by atoms with Crippen molar-refractivity contribution < 1.29 is 4.79 Å². The molecule has 1 saturated heterocycles. The van der Waals surface area contributed by atoms with Crippen LogP contribution in [0.4, 0.5) is 0 Å². The molecule has 17 heavy (non-hydrogen) atoms. The molecular formula is C13H17BrN2O. The summed E-state index contributed by atoms with van der Waals surface area (Å²) in [6.45, 7) is 4.04. The third-order valence-corrected chi connectivity index (χ3v) is 3.93. The van der Waals surface area contributed by atoms with Crippen LogP contribution in [0.3, 0.4) is 0 Å². The lowest BCUT2D eigenvalue weighted by Crippen LogP contribution is -2.52. The van der Waals surface area contributed by atoms with Gasteiger partial charge >= 0.3 is 0 Å². The highest BCUT2D eigenvalue weighted by atomic mass is 79.9. The topological polar surface area (TPSA) is 41.1 Å². The summed E-state index contributed by atoms with van der Waals surface area (Å²) >= 11 is 3.41.